The first-order valence-electron chi connectivity index (χ1n) is 6.33. The van der Waals surface area contributed by atoms with Crippen molar-refractivity contribution in [2.75, 3.05) is 0 Å². The Morgan fingerprint density at radius 1 is 0.947 bits per heavy atom. The van der Waals surface area contributed by atoms with E-state index in [9.17, 15) is 0 Å². The number of thiophene rings is 2. The van der Waals surface area contributed by atoms with Crippen molar-refractivity contribution in [3.8, 4) is 0 Å². The van der Waals surface area contributed by atoms with E-state index >= 15 is 0 Å². The fourth-order valence-corrected chi connectivity index (χ4v) is 6.11. The Labute approximate surface area is 123 Å². The Morgan fingerprint density at radius 3 is 2.89 bits per heavy atom. The molecule has 0 N–H and O–H groups in total. The number of fused-ring (bicyclic) bond motifs is 5. The van der Waals surface area contributed by atoms with Crippen LogP contribution in [-0.4, -0.2) is 5.25 Å². The molecule has 0 saturated carbocycles. The summed E-state index contributed by atoms with van der Waals surface area (Å²) < 4.78 is 2.87. The van der Waals surface area contributed by atoms with E-state index in [2.05, 4.69) is 47.2 Å². The van der Waals surface area contributed by atoms with Gasteiger partial charge in [-0.15, -0.1) is 34.4 Å². The molecule has 2 aliphatic rings. The van der Waals surface area contributed by atoms with Gasteiger partial charge in [0.2, 0.25) is 0 Å². The third-order valence-electron chi connectivity index (χ3n) is 3.96. The molecule has 92 valence electrons. The molecule has 1 aliphatic heterocycles. The normalized spacial score (nSPS) is 23.4. The minimum atomic E-state index is 0.567. The first kappa shape index (κ1) is 10.7. The summed E-state index contributed by atoms with van der Waals surface area (Å²) >= 11 is 5.74. The van der Waals surface area contributed by atoms with Crippen molar-refractivity contribution >= 4 is 56.7 Å². The average molecular weight is 298 g/mol. The van der Waals surface area contributed by atoms with Crippen molar-refractivity contribution in [1.82, 2.24) is 0 Å². The zero-order chi connectivity index (χ0) is 12.4. The summed E-state index contributed by atoms with van der Waals surface area (Å²) in [5, 5.41) is 7.80. The van der Waals surface area contributed by atoms with E-state index in [-0.39, 0.29) is 0 Å². The molecule has 0 fully saturated rings. The van der Waals surface area contributed by atoms with E-state index in [1.54, 1.807) is 0 Å². The van der Waals surface area contributed by atoms with Crippen molar-refractivity contribution in [1.29, 1.82) is 0 Å². The van der Waals surface area contributed by atoms with E-state index in [1.807, 2.05) is 34.4 Å². The monoisotopic (exact) mass is 298 g/mol. The highest BCUT2D eigenvalue weighted by Gasteiger charge is 2.32. The highest BCUT2D eigenvalue weighted by atomic mass is 32.2. The maximum absolute atomic E-state index is 2.48. The molecule has 0 nitrogen and oxygen atoms in total. The Bertz CT molecular complexity index is 913. The fourth-order valence-electron chi connectivity index (χ4n) is 3.03. The lowest BCUT2D eigenvalue weighted by molar-refractivity contribution is 0.954. The van der Waals surface area contributed by atoms with Crippen LogP contribution in [0.2, 0.25) is 0 Å². The predicted molar refractivity (Wildman–Crippen MR) is 86.7 cm³/mol. The van der Waals surface area contributed by atoms with Crippen LogP contribution in [0.1, 0.15) is 11.5 Å². The molecule has 1 aliphatic carbocycles. The Hall–Kier alpha value is -1.03. The summed E-state index contributed by atoms with van der Waals surface area (Å²) in [6, 6.07) is 9.26. The molecule has 19 heavy (non-hydrogen) atoms. The molecule has 0 spiro atoms. The Balaban J connectivity index is 1.79. The maximum Gasteiger partial charge on any atom is 0.0388 e. The van der Waals surface area contributed by atoms with Gasteiger partial charge in [-0.2, -0.15) is 0 Å². The third kappa shape index (κ3) is 1.46. The minimum Gasteiger partial charge on any atom is -0.144 e. The second-order valence-corrected chi connectivity index (χ2v) is 8.15. The van der Waals surface area contributed by atoms with Crippen LogP contribution in [0.25, 0.3) is 22.2 Å². The molecular weight excluding hydrogens is 288 g/mol. The van der Waals surface area contributed by atoms with Gasteiger partial charge in [-0.3, -0.25) is 0 Å². The predicted octanol–water partition coefficient (Wildman–Crippen LogP) is 3.80. The van der Waals surface area contributed by atoms with Crippen LogP contribution in [0, 0.1) is 0 Å². The fraction of sp³-hybridized carbons (Fsp3) is 0.125. The molecule has 0 bridgehead atoms. The molecule has 0 amide bonds. The van der Waals surface area contributed by atoms with E-state index in [0.29, 0.717) is 11.2 Å². The van der Waals surface area contributed by atoms with Crippen molar-refractivity contribution in [2.45, 2.75) is 16.1 Å². The summed E-state index contributed by atoms with van der Waals surface area (Å²) in [6.45, 7) is 0. The van der Waals surface area contributed by atoms with Gasteiger partial charge < -0.3 is 0 Å². The van der Waals surface area contributed by atoms with Crippen LogP contribution in [0.4, 0.5) is 0 Å². The van der Waals surface area contributed by atoms with Crippen LogP contribution < -0.4 is 9.75 Å². The van der Waals surface area contributed by atoms with Crippen LogP contribution in [-0.2, 0) is 0 Å². The molecule has 0 saturated heterocycles. The summed E-state index contributed by atoms with van der Waals surface area (Å²) in [4.78, 5) is 1.48. The number of hydrogen-bond donors (Lipinski definition) is 0. The topological polar surface area (TPSA) is 0 Å². The van der Waals surface area contributed by atoms with Gasteiger partial charge in [-0.05, 0) is 51.2 Å². The number of rotatable bonds is 0. The number of hydrogen-bond acceptors (Lipinski definition) is 3. The smallest absolute Gasteiger partial charge is 0.0388 e. The molecule has 1 aromatic carbocycles. The lowest BCUT2D eigenvalue weighted by Crippen LogP contribution is -2.27. The second kappa shape index (κ2) is 3.75. The van der Waals surface area contributed by atoms with Crippen LogP contribution >= 0.6 is 34.4 Å². The van der Waals surface area contributed by atoms with Gasteiger partial charge in [0.05, 0.1) is 0 Å². The zero-order valence-corrected chi connectivity index (χ0v) is 12.4. The standard InChI is InChI=1S/C16H10S3/c1-3-17-13-7-11-12-8-14-10(2-4-18-14)6-16(12)19-15(11)5-9(1)13/h1-8,11,15H. The first-order valence-corrected chi connectivity index (χ1v) is 8.97. The van der Waals surface area contributed by atoms with Crippen LogP contribution in [0.15, 0.2) is 39.9 Å². The van der Waals surface area contributed by atoms with E-state index in [4.69, 9.17) is 0 Å². The highest BCUT2D eigenvalue weighted by molar-refractivity contribution is 8.00. The molecule has 0 radical (unpaired) electrons. The Kier molecular flexibility index (Phi) is 2.12. The van der Waals surface area contributed by atoms with E-state index in [0.717, 1.165) is 0 Å². The second-order valence-electron chi connectivity index (χ2n) is 5.03. The van der Waals surface area contributed by atoms with Crippen molar-refractivity contribution < 1.29 is 0 Å². The number of benzene rings is 1. The van der Waals surface area contributed by atoms with Gasteiger partial charge in [0.15, 0.2) is 0 Å². The van der Waals surface area contributed by atoms with E-state index in [1.165, 1.54) is 30.3 Å². The molecule has 3 aromatic rings. The molecular formula is C16H10S3. The van der Waals surface area contributed by atoms with Gasteiger partial charge in [0.25, 0.3) is 0 Å². The van der Waals surface area contributed by atoms with Gasteiger partial charge in [-0.25, -0.2) is 0 Å². The van der Waals surface area contributed by atoms with Crippen molar-refractivity contribution in [2.24, 2.45) is 0 Å². The van der Waals surface area contributed by atoms with Gasteiger partial charge in [0.1, 0.15) is 0 Å². The van der Waals surface area contributed by atoms with Crippen molar-refractivity contribution in [3.05, 3.63) is 50.3 Å². The average Bonchev–Trinajstić information content (AvgIpc) is 3.10. The summed E-state index contributed by atoms with van der Waals surface area (Å²) in [6.07, 6.45) is 4.93. The largest absolute Gasteiger partial charge is 0.144 e. The lowest BCUT2D eigenvalue weighted by Gasteiger charge is -2.14. The summed E-state index contributed by atoms with van der Waals surface area (Å²) in [5.74, 6) is 0.567. The SMILES string of the molecule is C1=c2ccsc2=CC2c3cc4sccc4cc3SC12. The first-order chi connectivity index (χ1) is 9.38. The summed E-state index contributed by atoms with van der Waals surface area (Å²) in [7, 11) is 0. The zero-order valence-electron chi connectivity index (χ0n) is 10.00. The van der Waals surface area contributed by atoms with Crippen LogP contribution in [0.5, 0.6) is 0 Å². The molecule has 5 rings (SSSR count). The third-order valence-corrected chi connectivity index (χ3v) is 7.05. The lowest BCUT2D eigenvalue weighted by atomic mass is 9.92. The van der Waals surface area contributed by atoms with Crippen molar-refractivity contribution in [3.63, 3.8) is 0 Å². The Morgan fingerprint density at radius 2 is 1.89 bits per heavy atom. The van der Waals surface area contributed by atoms with Crippen LogP contribution in [0.3, 0.4) is 0 Å². The van der Waals surface area contributed by atoms with Gasteiger partial charge in [0, 0.05) is 25.3 Å². The van der Waals surface area contributed by atoms with Gasteiger partial charge in [-0.1, -0.05) is 12.2 Å². The quantitative estimate of drug-likeness (QED) is 0.608. The maximum atomic E-state index is 2.48. The molecule has 3 heterocycles. The molecule has 2 aromatic heterocycles. The minimum absolute atomic E-state index is 0.567. The van der Waals surface area contributed by atoms with E-state index < -0.39 is 0 Å². The molecule has 3 heteroatoms. The molecule has 2 unspecified atom stereocenters. The highest BCUT2D eigenvalue weighted by Crippen LogP contribution is 2.49. The summed E-state index contributed by atoms with van der Waals surface area (Å²) in [5.41, 5.74) is 1.53. The molecule has 2 atom stereocenters. The van der Waals surface area contributed by atoms with Gasteiger partial charge >= 0.3 is 0 Å². The number of thioether (sulfide) groups is 1.